The molecule has 1 aliphatic carbocycles. The Balaban J connectivity index is 2.06. The lowest BCUT2D eigenvalue weighted by atomic mass is 9.89. The van der Waals surface area contributed by atoms with E-state index in [1.165, 1.54) is 4.90 Å². The predicted octanol–water partition coefficient (Wildman–Crippen LogP) is 3.21. The molecular formula is C17H18N2O2. The van der Waals surface area contributed by atoms with Crippen LogP contribution in [-0.2, 0) is 0 Å². The zero-order chi connectivity index (χ0) is 15.0. The minimum Gasteiger partial charge on any atom is -0.269 e. The Morgan fingerprint density at radius 1 is 1.05 bits per heavy atom. The number of nitrogens with zero attached hydrogens (tertiary/aromatic N) is 2. The Kier molecular flexibility index (Phi) is 3.29. The SMILES string of the molecule is Cc1ccc2c(c1)C(=O)N(C1(C#N)CCCCCC1)C2=O. The molecule has 3 rings (SSSR count). The smallest absolute Gasteiger partial charge is 0.262 e. The minimum absolute atomic E-state index is 0.304. The molecule has 0 aromatic heterocycles. The second-order valence-electron chi connectivity index (χ2n) is 6.05. The maximum absolute atomic E-state index is 12.7. The number of imide groups is 1. The number of carbonyl (C=O) groups excluding carboxylic acids is 2. The van der Waals surface area contributed by atoms with Crippen LogP contribution in [0.15, 0.2) is 18.2 Å². The van der Waals surface area contributed by atoms with Crippen molar-refractivity contribution < 1.29 is 9.59 Å². The third-order valence-corrected chi connectivity index (χ3v) is 4.61. The molecule has 0 bridgehead atoms. The van der Waals surface area contributed by atoms with Crippen molar-refractivity contribution in [1.82, 2.24) is 4.90 Å². The van der Waals surface area contributed by atoms with E-state index in [0.29, 0.717) is 24.0 Å². The molecule has 0 spiro atoms. The fourth-order valence-corrected chi connectivity index (χ4v) is 3.44. The fourth-order valence-electron chi connectivity index (χ4n) is 3.44. The van der Waals surface area contributed by atoms with Crippen LogP contribution in [0.1, 0.15) is 64.8 Å². The van der Waals surface area contributed by atoms with E-state index in [0.717, 1.165) is 31.2 Å². The van der Waals surface area contributed by atoms with Gasteiger partial charge in [-0.1, -0.05) is 37.3 Å². The van der Waals surface area contributed by atoms with E-state index >= 15 is 0 Å². The molecule has 21 heavy (non-hydrogen) atoms. The summed E-state index contributed by atoms with van der Waals surface area (Å²) in [5.41, 5.74) is 0.865. The van der Waals surface area contributed by atoms with E-state index in [-0.39, 0.29) is 11.8 Å². The van der Waals surface area contributed by atoms with Crippen LogP contribution in [0.2, 0.25) is 0 Å². The Labute approximate surface area is 124 Å². The van der Waals surface area contributed by atoms with E-state index in [1.807, 2.05) is 13.0 Å². The Morgan fingerprint density at radius 3 is 2.29 bits per heavy atom. The molecule has 4 heteroatoms. The number of benzene rings is 1. The van der Waals surface area contributed by atoms with Gasteiger partial charge >= 0.3 is 0 Å². The quantitative estimate of drug-likeness (QED) is 0.587. The highest BCUT2D eigenvalue weighted by atomic mass is 16.2. The summed E-state index contributed by atoms with van der Waals surface area (Å²) in [6.07, 6.45) is 5.08. The number of hydrogen-bond donors (Lipinski definition) is 0. The lowest BCUT2D eigenvalue weighted by Gasteiger charge is -2.33. The largest absolute Gasteiger partial charge is 0.269 e. The van der Waals surface area contributed by atoms with Gasteiger partial charge in [-0.2, -0.15) is 5.26 Å². The van der Waals surface area contributed by atoms with Gasteiger partial charge in [-0.05, 0) is 31.9 Å². The molecule has 108 valence electrons. The molecule has 1 saturated carbocycles. The van der Waals surface area contributed by atoms with Gasteiger partial charge in [0, 0.05) is 0 Å². The van der Waals surface area contributed by atoms with Gasteiger partial charge in [-0.25, -0.2) is 0 Å². The summed E-state index contributed by atoms with van der Waals surface area (Å²) >= 11 is 0. The first kappa shape index (κ1) is 13.8. The first-order valence-corrected chi connectivity index (χ1v) is 7.50. The van der Waals surface area contributed by atoms with Gasteiger partial charge in [0.15, 0.2) is 0 Å². The van der Waals surface area contributed by atoms with Crippen molar-refractivity contribution in [3.05, 3.63) is 34.9 Å². The summed E-state index contributed by atoms with van der Waals surface area (Å²) in [4.78, 5) is 26.6. The topological polar surface area (TPSA) is 61.2 Å². The van der Waals surface area contributed by atoms with Crippen LogP contribution in [0.5, 0.6) is 0 Å². The Hall–Kier alpha value is -2.15. The molecule has 0 N–H and O–H groups in total. The van der Waals surface area contributed by atoms with Crippen molar-refractivity contribution in [2.75, 3.05) is 0 Å². The number of fused-ring (bicyclic) bond motifs is 1. The summed E-state index contributed by atoms with van der Waals surface area (Å²) in [5.74, 6) is -0.611. The highest BCUT2D eigenvalue weighted by Crippen LogP contribution is 2.38. The number of nitriles is 1. The molecule has 0 radical (unpaired) electrons. The first-order valence-electron chi connectivity index (χ1n) is 7.50. The van der Waals surface area contributed by atoms with Gasteiger partial charge in [-0.3, -0.25) is 14.5 Å². The molecule has 1 aromatic carbocycles. The van der Waals surface area contributed by atoms with Crippen molar-refractivity contribution in [3.8, 4) is 6.07 Å². The van der Waals surface area contributed by atoms with Crippen LogP contribution in [0.3, 0.4) is 0 Å². The van der Waals surface area contributed by atoms with Gasteiger partial charge in [-0.15, -0.1) is 0 Å². The van der Waals surface area contributed by atoms with Crippen LogP contribution in [-0.4, -0.2) is 22.3 Å². The van der Waals surface area contributed by atoms with E-state index in [1.54, 1.807) is 12.1 Å². The molecule has 2 amide bonds. The van der Waals surface area contributed by atoms with E-state index in [2.05, 4.69) is 6.07 Å². The molecule has 1 heterocycles. The zero-order valence-corrected chi connectivity index (χ0v) is 12.2. The number of hydrogen-bond acceptors (Lipinski definition) is 3. The fraction of sp³-hybridized carbons (Fsp3) is 0.471. The van der Waals surface area contributed by atoms with Gasteiger partial charge in [0.05, 0.1) is 17.2 Å². The molecule has 4 nitrogen and oxygen atoms in total. The zero-order valence-electron chi connectivity index (χ0n) is 12.2. The molecule has 1 aromatic rings. The molecule has 1 fully saturated rings. The third kappa shape index (κ3) is 2.04. The van der Waals surface area contributed by atoms with Gasteiger partial charge in [0.25, 0.3) is 11.8 Å². The predicted molar refractivity (Wildman–Crippen MR) is 77.7 cm³/mol. The monoisotopic (exact) mass is 282 g/mol. The summed E-state index contributed by atoms with van der Waals surface area (Å²) in [6, 6.07) is 7.58. The van der Waals surface area contributed by atoms with Crippen LogP contribution in [0.4, 0.5) is 0 Å². The molecule has 1 aliphatic heterocycles. The lowest BCUT2D eigenvalue weighted by Crippen LogP contribution is -2.50. The number of aryl methyl sites for hydroxylation is 1. The van der Waals surface area contributed by atoms with Crippen molar-refractivity contribution in [3.63, 3.8) is 0 Å². The highest BCUT2D eigenvalue weighted by Gasteiger charge is 2.49. The molecule has 0 saturated heterocycles. The Bertz CT molecular complexity index is 649. The number of carbonyl (C=O) groups is 2. The maximum Gasteiger partial charge on any atom is 0.262 e. The maximum atomic E-state index is 12.7. The van der Waals surface area contributed by atoms with Gasteiger partial charge in [0.1, 0.15) is 5.54 Å². The minimum atomic E-state index is -0.961. The molecule has 0 atom stereocenters. The van der Waals surface area contributed by atoms with E-state index in [4.69, 9.17) is 0 Å². The van der Waals surface area contributed by atoms with Crippen LogP contribution >= 0.6 is 0 Å². The van der Waals surface area contributed by atoms with Crippen molar-refractivity contribution >= 4 is 11.8 Å². The van der Waals surface area contributed by atoms with E-state index in [9.17, 15) is 14.9 Å². The van der Waals surface area contributed by atoms with Gasteiger partial charge < -0.3 is 0 Å². The first-order chi connectivity index (χ1) is 10.1. The van der Waals surface area contributed by atoms with Crippen LogP contribution in [0, 0.1) is 18.3 Å². The van der Waals surface area contributed by atoms with E-state index < -0.39 is 5.54 Å². The molecule has 2 aliphatic rings. The molecular weight excluding hydrogens is 264 g/mol. The molecule has 0 unspecified atom stereocenters. The summed E-state index contributed by atoms with van der Waals surface area (Å²) in [5, 5.41) is 9.70. The number of amides is 2. The second-order valence-corrected chi connectivity index (χ2v) is 6.05. The number of rotatable bonds is 1. The normalized spacial score (nSPS) is 20.9. The average molecular weight is 282 g/mol. The van der Waals surface area contributed by atoms with Crippen molar-refractivity contribution in [2.24, 2.45) is 0 Å². The van der Waals surface area contributed by atoms with Gasteiger partial charge in [0.2, 0.25) is 0 Å². The standard InChI is InChI=1S/C17H18N2O2/c1-12-6-7-13-14(10-12)16(21)19(15(13)20)17(11-18)8-4-2-3-5-9-17/h6-7,10H,2-5,8-9H2,1H3. The van der Waals surface area contributed by atoms with Crippen LogP contribution < -0.4 is 0 Å². The second kappa shape index (κ2) is 5.00. The highest BCUT2D eigenvalue weighted by molar-refractivity contribution is 6.22. The Morgan fingerprint density at radius 2 is 1.67 bits per heavy atom. The summed E-state index contributed by atoms with van der Waals surface area (Å²) in [6.45, 7) is 1.90. The van der Waals surface area contributed by atoms with Crippen molar-refractivity contribution in [1.29, 1.82) is 5.26 Å². The summed E-state index contributed by atoms with van der Waals surface area (Å²) < 4.78 is 0. The third-order valence-electron chi connectivity index (χ3n) is 4.61. The van der Waals surface area contributed by atoms with Crippen LogP contribution in [0.25, 0.3) is 0 Å². The average Bonchev–Trinajstić information content (AvgIpc) is 2.66. The summed E-state index contributed by atoms with van der Waals surface area (Å²) in [7, 11) is 0. The lowest BCUT2D eigenvalue weighted by molar-refractivity contribution is 0.0484. The van der Waals surface area contributed by atoms with Crippen molar-refractivity contribution in [2.45, 2.75) is 51.0 Å².